The van der Waals surface area contributed by atoms with Crippen LogP contribution in [-0.2, 0) is 6.42 Å². The number of aromatic nitrogens is 2. The van der Waals surface area contributed by atoms with Crippen LogP contribution in [0, 0.1) is 0 Å². The molecule has 2 heterocycles. The topological polar surface area (TPSA) is 51.2 Å². The highest BCUT2D eigenvalue weighted by Gasteiger charge is 2.18. The van der Waals surface area contributed by atoms with Crippen molar-refractivity contribution in [3.05, 3.63) is 42.1 Å². The predicted octanol–water partition coefficient (Wildman–Crippen LogP) is 2.87. The molecule has 4 nitrogen and oxygen atoms in total. The molecule has 1 aliphatic rings. The van der Waals surface area contributed by atoms with Gasteiger partial charge in [-0.05, 0) is 25.0 Å². The van der Waals surface area contributed by atoms with Crippen LogP contribution in [0.25, 0.3) is 0 Å². The van der Waals surface area contributed by atoms with Crippen molar-refractivity contribution < 1.29 is 9.52 Å². The molecule has 1 N–H and O–H groups in total. The van der Waals surface area contributed by atoms with Gasteiger partial charge < -0.3 is 9.52 Å². The van der Waals surface area contributed by atoms with Crippen molar-refractivity contribution in [1.29, 1.82) is 0 Å². The molecule has 4 heteroatoms. The van der Waals surface area contributed by atoms with Gasteiger partial charge in [-0.15, -0.1) is 0 Å². The van der Waals surface area contributed by atoms with Crippen LogP contribution in [0.2, 0.25) is 0 Å². The highest BCUT2D eigenvalue weighted by Crippen LogP contribution is 2.29. The summed E-state index contributed by atoms with van der Waals surface area (Å²) in [6.07, 6.45) is 10.3. The molecule has 1 atom stereocenters. The normalized spacial score (nSPS) is 18.3. The summed E-state index contributed by atoms with van der Waals surface area (Å²) in [6, 6.07) is 4.35. The zero-order valence-corrected chi connectivity index (χ0v) is 10.3. The van der Waals surface area contributed by atoms with E-state index in [1.165, 1.54) is 25.7 Å². The van der Waals surface area contributed by atoms with E-state index in [9.17, 15) is 5.11 Å². The number of furan rings is 1. The SMILES string of the molecule is OC(Cc1ccn(C2CCCC2)n1)c1ccoc1. The van der Waals surface area contributed by atoms with Crippen molar-refractivity contribution in [3.8, 4) is 0 Å². The zero-order valence-electron chi connectivity index (χ0n) is 10.3. The molecule has 0 aliphatic heterocycles. The maximum absolute atomic E-state index is 10.0. The molecule has 1 fully saturated rings. The largest absolute Gasteiger partial charge is 0.472 e. The Balaban J connectivity index is 1.66. The number of aliphatic hydroxyl groups excluding tert-OH is 1. The first kappa shape index (κ1) is 11.5. The average molecular weight is 246 g/mol. The molecule has 0 aromatic carbocycles. The second kappa shape index (κ2) is 4.98. The fraction of sp³-hybridized carbons (Fsp3) is 0.500. The molecule has 2 aromatic heterocycles. The summed E-state index contributed by atoms with van der Waals surface area (Å²) in [5.41, 5.74) is 1.75. The predicted molar refractivity (Wildman–Crippen MR) is 67.1 cm³/mol. The van der Waals surface area contributed by atoms with Crippen molar-refractivity contribution in [2.45, 2.75) is 44.2 Å². The van der Waals surface area contributed by atoms with E-state index >= 15 is 0 Å². The van der Waals surface area contributed by atoms with Crippen molar-refractivity contribution in [1.82, 2.24) is 9.78 Å². The second-order valence-electron chi connectivity index (χ2n) is 5.00. The molecule has 0 amide bonds. The van der Waals surface area contributed by atoms with Gasteiger partial charge in [0, 0.05) is 18.2 Å². The van der Waals surface area contributed by atoms with Gasteiger partial charge in [0.05, 0.1) is 30.4 Å². The lowest BCUT2D eigenvalue weighted by Crippen LogP contribution is -2.07. The number of rotatable bonds is 4. The Morgan fingerprint density at radius 3 is 2.94 bits per heavy atom. The first-order valence-corrected chi connectivity index (χ1v) is 6.57. The van der Waals surface area contributed by atoms with Crippen LogP contribution >= 0.6 is 0 Å². The Kier molecular flexibility index (Phi) is 3.19. The molecule has 96 valence electrons. The lowest BCUT2D eigenvalue weighted by molar-refractivity contribution is 0.176. The van der Waals surface area contributed by atoms with Crippen molar-refractivity contribution in [3.63, 3.8) is 0 Å². The van der Waals surface area contributed by atoms with Gasteiger partial charge in [0.25, 0.3) is 0 Å². The lowest BCUT2D eigenvalue weighted by Gasteiger charge is -2.09. The van der Waals surface area contributed by atoms with Crippen molar-refractivity contribution in [2.24, 2.45) is 0 Å². The van der Waals surface area contributed by atoms with Gasteiger partial charge in [-0.25, -0.2) is 0 Å². The molecule has 3 rings (SSSR count). The van der Waals surface area contributed by atoms with Crippen LogP contribution in [0.15, 0.2) is 35.3 Å². The number of hydrogen-bond acceptors (Lipinski definition) is 3. The van der Waals surface area contributed by atoms with E-state index in [1.807, 2.05) is 12.3 Å². The fourth-order valence-electron chi connectivity index (χ4n) is 2.64. The smallest absolute Gasteiger partial charge is 0.0960 e. The molecular formula is C14H18N2O2. The molecular weight excluding hydrogens is 228 g/mol. The van der Waals surface area contributed by atoms with E-state index in [0.29, 0.717) is 12.5 Å². The number of hydrogen-bond donors (Lipinski definition) is 1. The Bertz CT molecular complexity index is 484. The Morgan fingerprint density at radius 2 is 2.22 bits per heavy atom. The van der Waals surface area contributed by atoms with Crippen LogP contribution in [0.3, 0.4) is 0 Å². The van der Waals surface area contributed by atoms with Gasteiger partial charge >= 0.3 is 0 Å². The maximum Gasteiger partial charge on any atom is 0.0960 e. The van der Waals surface area contributed by atoms with E-state index in [1.54, 1.807) is 18.6 Å². The molecule has 1 saturated carbocycles. The molecule has 0 radical (unpaired) electrons. The maximum atomic E-state index is 10.0. The van der Waals surface area contributed by atoms with Gasteiger partial charge in [-0.1, -0.05) is 12.8 Å². The van der Waals surface area contributed by atoms with Crippen LogP contribution in [-0.4, -0.2) is 14.9 Å². The molecule has 0 bridgehead atoms. The summed E-state index contributed by atoms with van der Waals surface area (Å²) in [5.74, 6) is 0. The third-order valence-electron chi connectivity index (χ3n) is 3.69. The summed E-state index contributed by atoms with van der Waals surface area (Å²) in [4.78, 5) is 0. The van der Waals surface area contributed by atoms with Crippen LogP contribution < -0.4 is 0 Å². The fourth-order valence-corrected chi connectivity index (χ4v) is 2.64. The van der Waals surface area contributed by atoms with Crippen LogP contribution in [0.5, 0.6) is 0 Å². The Morgan fingerprint density at radius 1 is 1.39 bits per heavy atom. The summed E-state index contributed by atoms with van der Waals surface area (Å²) in [6.45, 7) is 0. The highest BCUT2D eigenvalue weighted by atomic mass is 16.3. The minimum absolute atomic E-state index is 0.532. The number of aliphatic hydroxyl groups is 1. The van der Waals surface area contributed by atoms with E-state index in [-0.39, 0.29) is 0 Å². The number of nitrogens with zero attached hydrogens (tertiary/aromatic N) is 2. The van der Waals surface area contributed by atoms with E-state index in [4.69, 9.17) is 4.42 Å². The van der Waals surface area contributed by atoms with Crippen LogP contribution in [0.4, 0.5) is 0 Å². The third-order valence-corrected chi connectivity index (χ3v) is 3.69. The van der Waals surface area contributed by atoms with E-state index in [2.05, 4.69) is 9.78 Å². The minimum Gasteiger partial charge on any atom is -0.472 e. The molecule has 2 aromatic rings. The van der Waals surface area contributed by atoms with E-state index < -0.39 is 6.10 Å². The summed E-state index contributed by atoms with van der Waals surface area (Å²) in [7, 11) is 0. The molecule has 0 spiro atoms. The molecule has 18 heavy (non-hydrogen) atoms. The standard InChI is InChI=1S/C14H18N2O2/c17-14(11-6-8-18-10-11)9-12-5-7-16(15-12)13-3-1-2-4-13/h5-8,10,13-14,17H,1-4,9H2. The summed E-state index contributed by atoms with van der Waals surface area (Å²) < 4.78 is 7.03. The minimum atomic E-state index is -0.532. The monoisotopic (exact) mass is 246 g/mol. The summed E-state index contributed by atoms with van der Waals surface area (Å²) >= 11 is 0. The van der Waals surface area contributed by atoms with Gasteiger partial charge in [0.1, 0.15) is 0 Å². The molecule has 1 aliphatic carbocycles. The van der Waals surface area contributed by atoms with Gasteiger partial charge in [0.2, 0.25) is 0 Å². The third kappa shape index (κ3) is 2.34. The first-order chi connectivity index (χ1) is 8.83. The van der Waals surface area contributed by atoms with Gasteiger partial charge in [0.15, 0.2) is 0 Å². The van der Waals surface area contributed by atoms with Crippen molar-refractivity contribution >= 4 is 0 Å². The van der Waals surface area contributed by atoms with Crippen molar-refractivity contribution in [2.75, 3.05) is 0 Å². The zero-order chi connectivity index (χ0) is 12.4. The molecule has 1 unspecified atom stereocenters. The molecule has 0 saturated heterocycles. The van der Waals surface area contributed by atoms with Crippen LogP contribution in [0.1, 0.15) is 49.1 Å². The highest BCUT2D eigenvalue weighted by molar-refractivity contribution is 5.13. The first-order valence-electron chi connectivity index (χ1n) is 6.57. The van der Waals surface area contributed by atoms with E-state index in [0.717, 1.165) is 11.3 Å². The average Bonchev–Trinajstić information content (AvgIpc) is 3.12. The lowest BCUT2D eigenvalue weighted by atomic mass is 10.1. The second-order valence-corrected chi connectivity index (χ2v) is 5.00. The Labute approximate surface area is 106 Å². The summed E-state index contributed by atoms with van der Waals surface area (Å²) in [5, 5.41) is 14.6. The van der Waals surface area contributed by atoms with Gasteiger partial charge in [-0.3, -0.25) is 4.68 Å². The van der Waals surface area contributed by atoms with Gasteiger partial charge in [-0.2, -0.15) is 5.10 Å². The Hall–Kier alpha value is -1.55. The quantitative estimate of drug-likeness (QED) is 0.902.